The van der Waals surface area contributed by atoms with Crippen LogP contribution in [-0.4, -0.2) is 42.8 Å². The first-order valence-electron chi connectivity index (χ1n) is 10.8. The molecule has 2 aliphatic rings. The Hall–Kier alpha value is -3.22. The van der Waals surface area contributed by atoms with E-state index < -0.39 is 0 Å². The van der Waals surface area contributed by atoms with Crippen LogP contribution in [0.3, 0.4) is 0 Å². The molecule has 164 valence electrons. The third-order valence-electron chi connectivity index (χ3n) is 5.63. The summed E-state index contributed by atoms with van der Waals surface area (Å²) in [5, 5.41) is 5.94. The van der Waals surface area contributed by atoms with Crippen LogP contribution in [0.2, 0.25) is 0 Å². The van der Waals surface area contributed by atoms with Gasteiger partial charge in [0.15, 0.2) is 11.5 Å². The summed E-state index contributed by atoms with van der Waals surface area (Å²) in [5.41, 5.74) is 2.67. The van der Waals surface area contributed by atoms with Gasteiger partial charge in [0.25, 0.3) is 5.91 Å². The first-order chi connectivity index (χ1) is 15.0. The number of nitrogens with one attached hydrogen (secondary N) is 2. The minimum Gasteiger partial charge on any atom is -0.454 e. The van der Waals surface area contributed by atoms with E-state index in [-0.39, 0.29) is 30.7 Å². The molecule has 0 aromatic heterocycles. The van der Waals surface area contributed by atoms with E-state index in [9.17, 15) is 9.59 Å². The number of carbonyl (C=O) groups excluding carboxylic acids is 2. The van der Waals surface area contributed by atoms with E-state index in [1.807, 2.05) is 61.2 Å². The molecule has 2 N–H and O–H groups in total. The lowest BCUT2D eigenvalue weighted by molar-refractivity contribution is 0.0950. The highest BCUT2D eigenvalue weighted by atomic mass is 16.7. The summed E-state index contributed by atoms with van der Waals surface area (Å²) < 4.78 is 10.7. The first kappa shape index (κ1) is 21.0. The molecule has 0 unspecified atom stereocenters. The van der Waals surface area contributed by atoms with Gasteiger partial charge in [-0.1, -0.05) is 18.2 Å². The summed E-state index contributed by atoms with van der Waals surface area (Å²) in [6, 6.07) is 13.5. The van der Waals surface area contributed by atoms with E-state index in [1.54, 1.807) is 0 Å². The second-order valence-electron chi connectivity index (χ2n) is 8.39. The van der Waals surface area contributed by atoms with E-state index in [0.29, 0.717) is 24.4 Å². The van der Waals surface area contributed by atoms with Crippen molar-refractivity contribution in [2.24, 2.45) is 0 Å². The molecule has 3 amide bonds. The maximum absolute atomic E-state index is 12.7. The van der Waals surface area contributed by atoms with Crippen LogP contribution in [0.1, 0.15) is 54.1 Å². The van der Waals surface area contributed by atoms with Gasteiger partial charge in [-0.25, -0.2) is 4.79 Å². The molecule has 0 spiro atoms. The standard InChI is InChI=1S/C24H29N3O4/c1-16(2)26-24(29)27-10-4-7-20(14-27)18-5-3-6-19(12-18)23(28)25-13-17-8-9-21-22(11-17)31-15-30-21/h3,5-6,8-9,11-12,16,20H,4,7,10,13-15H2,1-2H3,(H,25,28)(H,26,29)/t20-/m0/s1. The quantitative estimate of drug-likeness (QED) is 0.770. The zero-order valence-electron chi connectivity index (χ0n) is 18.0. The number of urea groups is 1. The van der Waals surface area contributed by atoms with Crippen molar-refractivity contribution in [1.82, 2.24) is 15.5 Å². The molecule has 2 aromatic carbocycles. The van der Waals surface area contributed by atoms with E-state index in [2.05, 4.69) is 10.6 Å². The zero-order valence-corrected chi connectivity index (χ0v) is 18.0. The van der Waals surface area contributed by atoms with Gasteiger partial charge in [0.05, 0.1) is 0 Å². The second-order valence-corrected chi connectivity index (χ2v) is 8.39. The van der Waals surface area contributed by atoms with E-state index in [0.717, 1.165) is 36.3 Å². The fourth-order valence-electron chi connectivity index (χ4n) is 4.04. The molecule has 7 nitrogen and oxygen atoms in total. The molecule has 1 fully saturated rings. The summed E-state index contributed by atoms with van der Waals surface area (Å²) >= 11 is 0. The molecule has 31 heavy (non-hydrogen) atoms. The third kappa shape index (κ3) is 5.10. The van der Waals surface area contributed by atoms with Crippen molar-refractivity contribution >= 4 is 11.9 Å². The minimum atomic E-state index is -0.121. The number of rotatable bonds is 5. The van der Waals surface area contributed by atoms with Gasteiger partial charge in [0, 0.05) is 37.2 Å². The molecule has 0 aliphatic carbocycles. The van der Waals surface area contributed by atoms with Crippen LogP contribution in [0, 0.1) is 0 Å². The van der Waals surface area contributed by atoms with E-state index in [1.165, 1.54) is 0 Å². The first-order valence-corrected chi connectivity index (χ1v) is 10.8. The number of hydrogen-bond acceptors (Lipinski definition) is 4. The molecule has 2 aromatic rings. The predicted octanol–water partition coefficient (Wildman–Crippen LogP) is 3.64. The minimum absolute atomic E-state index is 0.0164. The van der Waals surface area contributed by atoms with Gasteiger partial charge in [-0.15, -0.1) is 0 Å². The van der Waals surface area contributed by atoms with Crippen molar-refractivity contribution in [3.63, 3.8) is 0 Å². The SMILES string of the molecule is CC(C)NC(=O)N1CCC[C@H](c2cccc(C(=O)NCc3ccc4c(c3)OCO4)c2)C1. The monoisotopic (exact) mass is 423 g/mol. The Balaban J connectivity index is 1.38. The lowest BCUT2D eigenvalue weighted by atomic mass is 9.89. The van der Waals surface area contributed by atoms with E-state index in [4.69, 9.17) is 9.47 Å². The highest BCUT2D eigenvalue weighted by Crippen LogP contribution is 2.32. The predicted molar refractivity (Wildman–Crippen MR) is 117 cm³/mol. The molecule has 0 bridgehead atoms. The molecular weight excluding hydrogens is 394 g/mol. The number of benzene rings is 2. The normalized spacial score (nSPS) is 17.5. The number of likely N-dealkylation sites (tertiary alicyclic amines) is 1. The number of carbonyl (C=O) groups is 2. The Bertz CT molecular complexity index is 960. The van der Waals surface area contributed by atoms with Crippen LogP contribution in [0.5, 0.6) is 11.5 Å². The van der Waals surface area contributed by atoms with Crippen molar-refractivity contribution in [1.29, 1.82) is 0 Å². The molecule has 0 radical (unpaired) electrons. The van der Waals surface area contributed by atoms with Gasteiger partial charge >= 0.3 is 6.03 Å². The van der Waals surface area contributed by atoms with Crippen molar-refractivity contribution < 1.29 is 19.1 Å². The Morgan fingerprint density at radius 1 is 1.13 bits per heavy atom. The molecule has 2 aliphatic heterocycles. The summed E-state index contributed by atoms with van der Waals surface area (Å²) in [4.78, 5) is 27.0. The van der Waals surface area contributed by atoms with Crippen LogP contribution < -0.4 is 20.1 Å². The Morgan fingerprint density at radius 2 is 1.97 bits per heavy atom. The molecule has 2 heterocycles. The third-order valence-corrected chi connectivity index (χ3v) is 5.63. The molecule has 0 saturated carbocycles. The Labute approximate surface area is 182 Å². The molecule has 1 saturated heterocycles. The van der Waals surface area contributed by atoms with Gasteiger partial charge in [-0.3, -0.25) is 4.79 Å². The van der Waals surface area contributed by atoms with Crippen molar-refractivity contribution in [3.05, 3.63) is 59.2 Å². The average molecular weight is 424 g/mol. The second kappa shape index (κ2) is 9.29. The highest BCUT2D eigenvalue weighted by molar-refractivity contribution is 5.94. The summed E-state index contributed by atoms with van der Waals surface area (Å²) in [6.45, 7) is 6.00. The van der Waals surface area contributed by atoms with Crippen LogP contribution in [-0.2, 0) is 6.54 Å². The fourth-order valence-corrected chi connectivity index (χ4v) is 4.04. The van der Waals surface area contributed by atoms with Gasteiger partial charge in [0.2, 0.25) is 6.79 Å². The topological polar surface area (TPSA) is 79.9 Å². The van der Waals surface area contributed by atoms with Crippen LogP contribution in [0.25, 0.3) is 0 Å². The number of ether oxygens (including phenoxy) is 2. The number of piperidine rings is 1. The smallest absolute Gasteiger partial charge is 0.317 e. The molecule has 1 atom stereocenters. The van der Waals surface area contributed by atoms with Crippen molar-refractivity contribution in [2.75, 3.05) is 19.9 Å². The van der Waals surface area contributed by atoms with Crippen LogP contribution in [0.4, 0.5) is 4.79 Å². The summed E-state index contributed by atoms with van der Waals surface area (Å²) in [7, 11) is 0. The highest BCUT2D eigenvalue weighted by Gasteiger charge is 2.25. The van der Waals surface area contributed by atoms with Crippen molar-refractivity contribution in [3.8, 4) is 11.5 Å². The number of hydrogen-bond donors (Lipinski definition) is 2. The number of nitrogens with zero attached hydrogens (tertiary/aromatic N) is 1. The zero-order chi connectivity index (χ0) is 21.8. The van der Waals surface area contributed by atoms with Gasteiger partial charge in [-0.05, 0) is 62.1 Å². The summed E-state index contributed by atoms with van der Waals surface area (Å²) in [5.74, 6) is 1.54. The largest absolute Gasteiger partial charge is 0.454 e. The maximum atomic E-state index is 12.7. The number of amides is 3. The van der Waals surface area contributed by atoms with Gasteiger partial charge in [0.1, 0.15) is 0 Å². The van der Waals surface area contributed by atoms with E-state index >= 15 is 0 Å². The maximum Gasteiger partial charge on any atom is 0.317 e. The summed E-state index contributed by atoms with van der Waals surface area (Å²) in [6.07, 6.45) is 1.96. The average Bonchev–Trinajstić information content (AvgIpc) is 3.25. The van der Waals surface area contributed by atoms with Gasteiger partial charge in [-0.2, -0.15) is 0 Å². The van der Waals surface area contributed by atoms with Crippen LogP contribution >= 0.6 is 0 Å². The van der Waals surface area contributed by atoms with Crippen LogP contribution in [0.15, 0.2) is 42.5 Å². The van der Waals surface area contributed by atoms with Gasteiger partial charge < -0.3 is 25.0 Å². The Morgan fingerprint density at radius 3 is 2.81 bits per heavy atom. The molecule has 4 rings (SSSR count). The molecule has 7 heteroatoms. The number of fused-ring (bicyclic) bond motifs is 1. The fraction of sp³-hybridized carbons (Fsp3) is 0.417. The molecular formula is C24H29N3O4. The Kier molecular flexibility index (Phi) is 6.30. The lowest BCUT2D eigenvalue weighted by Crippen LogP contribution is -2.47. The lowest BCUT2D eigenvalue weighted by Gasteiger charge is -2.33. The van der Waals surface area contributed by atoms with Crippen molar-refractivity contribution in [2.45, 2.75) is 45.2 Å².